The van der Waals surface area contributed by atoms with Crippen LogP contribution in [0.3, 0.4) is 0 Å². The van der Waals surface area contributed by atoms with E-state index in [9.17, 15) is 0 Å². The summed E-state index contributed by atoms with van der Waals surface area (Å²) in [5, 5.41) is 0. The molecule has 0 aliphatic heterocycles. The van der Waals surface area contributed by atoms with Crippen molar-refractivity contribution in [3.8, 4) is 0 Å². The quantitative estimate of drug-likeness (QED) is 0.630. The normalized spacial score (nSPS) is 12.2. The van der Waals surface area contributed by atoms with Crippen molar-refractivity contribution in [3.05, 3.63) is 30.6 Å². The summed E-state index contributed by atoms with van der Waals surface area (Å²) in [5.74, 6) is 0. The number of benzene rings is 1. The number of nitrogens with zero attached hydrogens (tertiary/aromatic N) is 2. The van der Waals surface area contributed by atoms with Crippen molar-refractivity contribution in [2.45, 2.75) is 19.6 Å². The molecule has 1 aromatic heterocycles. The summed E-state index contributed by atoms with van der Waals surface area (Å²) in [6, 6.07) is 8.20. The molecule has 0 bridgehead atoms. The highest BCUT2D eigenvalue weighted by atomic mass is 28.3. The molecule has 0 saturated heterocycles. The smallest absolute Gasteiger partial charge is 0.168 e. The zero-order valence-corrected chi connectivity index (χ0v) is 9.20. The van der Waals surface area contributed by atoms with Crippen LogP contribution in [0.4, 0.5) is 0 Å². The van der Waals surface area contributed by atoms with Crippen molar-refractivity contribution in [2.24, 2.45) is 0 Å². The van der Waals surface area contributed by atoms with Gasteiger partial charge in [-0.15, -0.1) is 0 Å². The van der Waals surface area contributed by atoms with Crippen LogP contribution < -0.4 is 0 Å². The van der Waals surface area contributed by atoms with Crippen molar-refractivity contribution < 1.29 is 0 Å². The zero-order chi connectivity index (χ0) is 9.47. The van der Waals surface area contributed by atoms with Gasteiger partial charge in [0.1, 0.15) is 0 Å². The Morgan fingerprint density at radius 2 is 1.92 bits per heavy atom. The van der Waals surface area contributed by atoms with E-state index in [2.05, 4.69) is 47.3 Å². The van der Waals surface area contributed by atoms with E-state index in [0.29, 0.717) is 0 Å². The highest BCUT2D eigenvalue weighted by molar-refractivity contribution is 6.75. The minimum absolute atomic E-state index is 1.05. The van der Waals surface area contributed by atoms with Crippen LogP contribution in [0.1, 0.15) is 0 Å². The maximum atomic E-state index is 4.26. The lowest BCUT2D eigenvalue weighted by Gasteiger charge is -2.18. The van der Waals surface area contributed by atoms with Gasteiger partial charge in [-0.2, -0.15) is 0 Å². The van der Waals surface area contributed by atoms with Crippen LogP contribution in [-0.4, -0.2) is 17.5 Å². The van der Waals surface area contributed by atoms with Gasteiger partial charge in [-0.05, 0) is 12.1 Å². The molecule has 3 heteroatoms. The number of rotatable bonds is 1. The summed E-state index contributed by atoms with van der Waals surface area (Å²) in [6.45, 7) is 6.87. The second kappa shape index (κ2) is 2.70. The monoisotopic (exact) mass is 189 g/mol. The molecule has 2 rings (SSSR count). The molecular formula is C10H13N2Si. The SMILES string of the molecule is C[Si](C)(C)n1[c]nc2ccccc21. The fourth-order valence-corrected chi connectivity index (χ4v) is 2.68. The van der Waals surface area contributed by atoms with Crippen molar-refractivity contribution in [1.82, 2.24) is 9.22 Å². The van der Waals surface area contributed by atoms with Gasteiger partial charge in [0.25, 0.3) is 0 Å². The lowest BCUT2D eigenvalue weighted by molar-refractivity contribution is 1.14. The molecule has 0 N–H and O–H groups in total. The van der Waals surface area contributed by atoms with Crippen LogP contribution in [0.5, 0.6) is 0 Å². The molecule has 0 fully saturated rings. The minimum atomic E-state index is -1.35. The number of para-hydroxylation sites is 2. The lowest BCUT2D eigenvalue weighted by Crippen LogP contribution is -2.31. The molecular weight excluding hydrogens is 176 g/mol. The fraction of sp³-hybridized carbons (Fsp3) is 0.300. The average molecular weight is 189 g/mol. The second-order valence-electron chi connectivity index (χ2n) is 4.21. The molecule has 0 saturated carbocycles. The van der Waals surface area contributed by atoms with E-state index in [1.165, 1.54) is 5.52 Å². The topological polar surface area (TPSA) is 17.8 Å². The number of imidazole rings is 1. The Morgan fingerprint density at radius 1 is 1.23 bits per heavy atom. The van der Waals surface area contributed by atoms with Crippen LogP contribution in [0.2, 0.25) is 19.6 Å². The van der Waals surface area contributed by atoms with Gasteiger partial charge in [-0.25, -0.2) is 4.98 Å². The summed E-state index contributed by atoms with van der Waals surface area (Å²) in [7, 11) is -1.35. The first kappa shape index (κ1) is 8.50. The Morgan fingerprint density at radius 3 is 2.62 bits per heavy atom. The molecule has 13 heavy (non-hydrogen) atoms. The third-order valence-corrected chi connectivity index (χ3v) is 3.75. The first-order valence-corrected chi connectivity index (χ1v) is 7.89. The summed E-state index contributed by atoms with van der Waals surface area (Å²) in [4.78, 5) is 4.26. The largest absolute Gasteiger partial charge is 0.350 e. The maximum absolute atomic E-state index is 4.26. The molecule has 1 radical (unpaired) electrons. The van der Waals surface area contributed by atoms with E-state index in [4.69, 9.17) is 0 Å². The molecule has 0 aliphatic rings. The van der Waals surface area contributed by atoms with E-state index >= 15 is 0 Å². The predicted molar refractivity (Wildman–Crippen MR) is 57.3 cm³/mol. The first-order chi connectivity index (χ1) is 6.09. The van der Waals surface area contributed by atoms with Crippen LogP contribution in [-0.2, 0) is 0 Å². The Hall–Kier alpha value is -1.09. The summed E-state index contributed by atoms with van der Waals surface area (Å²) < 4.78 is 2.21. The summed E-state index contributed by atoms with van der Waals surface area (Å²) in [5.41, 5.74) is 2.26. The Kier molecular flexibility index (Phi) is 1.77. The third-order valence-electron chi connectivity index (χ3n) is 2.06. The molecule has 0 amide bonds. The molecule has 1 heterocycles. The maximum Gasteiger partial charge on any atom is 0.168 e. The van der Waals surface area contributed by atoms with Crippen LogP contribution >= 0.6 is 0 Å². The number of fused-ring (bicyclic) bond motifs is 1. The van der Waals surface area contributed by atoms with Gasteiger partial charge in [0, 0.05) is 0 Å². The molecule has 0 spiro atoms. The third kappa shape index (κ3) is 1.39. The first-order valence-electron chi connectivity index (χ1n) is 4.45. The van der Waals surface area contributed by atoms with Gasteiger partial charge < -0.3 is 4.23 Å². The standard InChI is InChI=1S/C10H13N2Si/c1-13(2,3)12-8-11-9-6-4-5-7-10(9)12/h4-7H,1-3H3. The highest BCUT2D eigenvalue weighted by Gasteiger charge is 2.18. The molecule has 1 aromatic carbocycles. The lowest BCUT2D eigenvalue weighted by atomic mass is 10.3. The Balaban J connectivity index is 2.72. The summed E-state index contributed by atoms with van der Waals surface area (Å²) in [6.07, 6.45) is 3.08. The molecule has 2 aromatic rings. The Bertz CT molecular complexity index is 426. The average Bonchev–Trinajstić information content (AvgIpc) is 2.45. The van der Waals surface area contributed by atoms with E-state index in [1.54, 1.807) is 0 Å². The zero-order valence-electron chi connectivity index (χ0n) is 8.20. The number of hydrogen-bond donors (Lipinski definition) is 0. The molecule has 2 nitrogen and oxygen atoms in total. The van der Waals surface area contributed by atoms with Gasteiger partial charge in [0.15, 0.2) is 14.6 Å². The van der Waals surface area contributed by atoms with Gasteiger partial charge in [-0.3, -0.25) is 0 Å². The highest BCUT2D eigenvalue weighted by Crippen LogP contribution is 2.16. The van der Waals surface area contributed by atoms with Crippen LogP contribution in [0, 0.1) is 6.33 Å². The van der Waals surface area contributed by atoms with Crippen molar-refractivity contribution in [1.29, 1.82) is 0 Å². The van der Waals surface area contributed by atoms with Crippen molar-refractivity contribution in [3.63, 3.8) is 0 Å². The van der Waals surface area contributed by atoms with Gasteiger partial charge in [0.05, 0.1) is 11.0 Å². The molecule has 0 aliphatic carbocycles. The number of hydrogen-bond acceptors (Lipinski definition) is 1. The molecule has 0 unspecified atom stereocenters. The van der Waals surface area contributed by atoms with Gasteiger partial charge >= 0.3 is 0 Å². The van der Waals surface area contributed by atoms with E-state index in [-0.39, 0.29) is 0 Å². The van der Waals surface area contributed by atoms with Crippen molar-refractivity contribution >= 4 is 19.3 Å². The van der Waals surface area contributed by atoms with E-state index in [0.717, 1.165) is 5.52 Å². The van der Waals surface area contributed by atoms with E-state index in [1.807, 2.05) is 12.1 Å². The van der Waals surface area contributed by atoms with Crippen LogP contribution in [0.25, 0.3) is 11.0 Å². The van der Waals surface area contributed by atoms with Gasteiger partial charge in [0.2, 0.25) is 0 Å². The van der Waals surface area contributed by atoms with Gasteiger partial charge in [-0.1, -0.05) is 31.8 Å². The predicted octanol–water partition coefficient (Wildman–Crippen LogP) is 2.52. The fourth-order valence-electron chi connectivity index (χ4n) is 1.42. The van der Waals surface area contributed by atoms with E-state index < -0.39 is 8.24 Å². The van der Waals surface area contributed by atoms with Crippen LogP contribution in [0.15, 0.2) is 24.3 Å². The number of aromatic nitrogens is 2. The second-order valence-corrected chi connectivity index (χ2v) is 9.00. The summed E-state index contributed by atoms with van der Waals surface area (Å²) >= 11 is 0. The van der Waals surface area contributed by atoms with Crippen molar-refractivity contribution in [2.75, 3.05) is 0 Å². The Labute approximate surface area is 79.3 Å². The molecule has 0 atom stereocenters. The molecule has 67 valence electrons. The minimum Gasteiger partial charge on any atom is -0.350 e.